The molecule has 1 aromatic heterocycles. The van der Waals surface area contributed by atoms with Crippen molar-refractivity contribution in [2.45, 2.75) is 30.6 Å². The third-order valence-corrected chi connectivity index (χ3v) is 6.09. The summed E-state index contributed by atoms with van der Waals surface area (Å²) in [5.74, 6) is -0.113. The second-order valence-electron chi connectivity index (χ2n) is 7.75. The van der Waals surface area contributed by atoms with Crippen molar-refractivity contribution < 1.29 is 22.4 Å². The van der Waals surface area contributed by atoms with Crippen LogP contribution in [0.1, 0.15) is 32.9 Å². The third-order valence-electron chi connectivity index (χ3n) is 5.09. The fraction of sp³-hybridized carbons (Fsp3) is 0.160. The maximum Gasteiger partial charge on any atom is 0.416 e. The van der Waals surface area contributed by atoms with Crippen molar-refractivity contribution in [3.63, 3.8) is 0 Å². The molecule has 5 nitrogen and oxygen atoms in total. The monoisotopic (exact) mass is 500 g/mol. The molecule has 0 aliphatic carbocycles. The zero-order valence-corrected chi connectivity index (χ0v) is 19.3. The van der Waals surface area contributed by atoms with E-state index in [9.17, 15) is 22.4 Å². The highest BCUT2D eigenvalue weighted by atomic mass is 32.2. The molecule has 180 valence electrons. The van der Waals surface area contributed by atoms with Gasteiger partial charge in [-0.05, 0) is 55.0 Å². The third kappa shape index (κ3) is 6.07. The molecule has 0 saturated heterocycles. The van der Waals surface area contributed by atoms with Crippen LogP contribution >= 0.6 is 11.8 Å². The number of amides is 1. The van der Waals surface area contributed by atoms with Gasteiger partial charge in [-0.2, -0.15) is 13.2 Å². The van der Waals surface area contributed by atoms with E-state index >= 15 is 0 Å². The molecule has 0 saturated carbocycles. The van der Waals surface area contributed by atoms with E-state index in [2.05, 4.69) is 15.5 Å². The standard InChI is InChI=1S/C25H20F4N4OS/c1-16-4-2-6-18(12-16)23(34)30-14-22-31-32-24(33(22)21-10-8-20(26)9-11-21)35-15-17-5-3-7-19(13-17)25(27,28)29/h2-13H,14-15H2,1H3,(H,30,34). The normalized spacial score (nSPS) is 11.5. The molecule has 0 bridgehead atoms. The first kappa shape index (κ1) is 24.5. The number of aromatic nitrogens is 3. The summed E-state index contributed by atoms with van der Waals surface area (Å²) in [6.07, 6.45) is -4.43. The number of aryl methyl sites for hydroxylation is 1. The molecule has 0 spiro atoms. The van der Waals surface area contributed by atoms with Crippen LogP contribution in [0.25, 0.3) is 5.69 Å². The summed E-state index contributed by atoms with van der Waals surface area (Å²) >= 11 is 1.19. The molecule has 10 heteroatoms. The molecule has 0 unspecified atom stereocenters. The molecule has 4 rings (SSSR count). The van der Waals surface area contributed by atoms with Crippen LogP contribution in [0.15, 0.2) is 78.0 Å². The highest BCUT2D eigenvalue weighted by Gasteiger charge is 2.30. The van der Waals surface area contributed by atoms with Crippen LogP contribution in [0.2, 0.25) is 0 Å². The summed E-state index contributed by atoms with van der Waals surface area (Å²) in [5.41, 5.74) is 1.74. The van der Waals surface area contributed by atoms with Crippen LogP contribution in [0.4, 0.5) is 17.6 Å². The van der Waals surface area contributed by atoms with Gasteiger partial charge in [0, 0.05) is 17.0 Å². The van der Waals surface area contributed by atoms with Crippen LogP contribution in [-0.4, -0.2) is 20.7 Å². The molecule has 0 aliphatic heterocycles. The second kappa shape index (κ2) is 10.3. The lowest BCUT2D eigenvalue weighted by molar-refractivity contribution is -0.137. The first-order chi connectivity index (χ1) is 16.7. The van der Waals surface area contributed by atoms with E-state index in [4.69, 9.17) is 0 Å². The largest absolute Gasteiger partial charge is 0.416 e. The molecule has 1 heterocycles. The molecule has 1 N–H and O–H groups in total. The van der Waals surface area contributed by atoms with E-state index in [0.717, 1.165) is 17.7 Å². The lowest BCUT2D eigenvalue weighted by Crippen LogP contribution is -2.24. The fourth-order valence-corrected chi connectivity index (χ4v) is 4.30. The van der Waals surface area contributed by atoms with Crippen LogP contribution in [-0.2, 0) is 18.5 Å². The van der Waals surface area contributed by atoms with E-state index < -0.39 is 17.6 Å². The van der Waals surface area contributed by atoms with Crippen molar-refractivity contribution >= 4 is 17.7 Å². The second-order valence-corrected chi connectivity index (χ2v) is 8.69. The Morgan fingerprint density at radius 1 is 1.00 bits per heavy atom. The number of halogens is 4. The van der Waals surface area contributed by atoms with Gasteiger partial charge in [-0.25, -0.2) is 4.39 Å². The number of nitrogens with zero attached hydrogens (tertiary/aromatic N) is 3. The number of rotatable bonds is 7. The minimum atomic E-state index is -4.43. The Hall–Kier alpha value is -3.66. The van der Waals surface area contributed by atoms with Gasteiger partial charge < -0.3 is 5.32 Å². The summed E-state index contributed by atoms with van der Waals surface area (Å²) in [7, 11) is 0. The highest BCUT2D eigenvalue weighted by molar-refractivity contribution is 7.98. The van der Waals surface area contributed by atoms with E-state index in [0.29, 0.717) is 27.8 Å². The average Bonchev–Trinajstić information content (AvgIpc) is 3.24. The number of hydrogen-bond donors (Lipinski definition) is 1. The van der Waals surface area contributed by atoms with Crippen LogP contribution in [0.5, 0.6) is 0 Å². The minimum Gasteiger partial charge on any atom is -0.345 e. The number of alkyl halides is 3. The Morgan fingerprint density at radius 2 is 1.74 bits per heavy atom. The van der Waals surface area contributed by atoms with Gasteiger partial charge in [0.05, 0.1) is 12.1 Å². The van der Waals surface area contributed by atoms with Crippen molar-refractivity contribution in [3.8, 4) is 5.69 Å². The Labute approximate surface area is 203 Å². The number of carbonyl (C=O) groups is 1. The Bertz CT molecular complexity index is 1340. The SMILES string of the molecule is Cc1cccc(C(=O)NCc2nnc(SCc3cccc(C(F)(F)F)c3)n2-c2ccc(F)cc2)c1. The van der Waals surface area contributed by atoms with Gasteiger partial charge in [-0.1, -0.05) is 47.7 Å². The first-order valence-corrected chi connectivity index (χ1v) is 11.5. The summed E-state index contributed by atoms with van der Waals surface area (Å²) < 4.78 is 54.3. The predicted molar refractivity (Wildman–Crippen MR) is 125 cm³/mol. The molecular formula is C25H20F4N4OS. The molecule has 4 aromatic rings. The Kier molecular flexibility index (Phi) is 7.20. The zero-order valence-electron chi connectivity index (χ0n) is 18.5. The molecule has 0 fully saturated rings. The number of thioether (sulfide) groups is 1. The summed E-state index contributed by atoms with van der Waals surface area (Å²) in [6, 6.07) is 17.8. The van der Waals surface area contributed by atoms with Crippen molar-refractivity contribution in [1.82, 2.24) is 20.1 Å². The fourth-order valence-electron chi connectivity index (χ4n) is 3.39. The van der Waals surface area contributed by atoms with E-state index in [1.165, 1.54) is 30.0 Å². The lowest BCUT2D eigenvalue weighted by Gasteiger charge is -2.12. The average molecular weight is 501 g/mol. The van der Waals surface area contributed by atoms with Crippen LogP contribution < -0.4 is 5.32 Å². The number of hydrogen-bond acceptors (Lipinski definition) is 4. The van der Waals surface area contributed by atoms with Gasteiger partial charge in [0.25, 0.3) is 5.91 Å². The van der Waals surface area contributed by atoms with Crippen molar-refractivity contribution in [2.75, 3.05) is 0 Å². The molecule has 3 aromatic carbocycles. The Balaban J connectivity index is 1.57. The van der Waals surface area contributed by atoms with Crippen molar-refractivity contribution in [2.24, 2.45) is 0 Å². The highest BCUT2D eigenvalue weighted by Crippen LogP contribution is 2.31. The van der Waals surface area contributed by atoms with Crippen molar-refractivity contribution in [3.05, 3.63) is 107 Å². The topological polar surface area (TPSA) is 59.8 Å². The van der Waals surface area contributed by atoms with Crippen molar-refractivity contribution in [1.29, 1.82) is 0 Å². The van der Waals surface area contributed by atoms with Crippen LogP contribution in [0, 0.1) is 12.7 Å². The van der Waals surface area contributed by atoms with Crippen LogP contribution in [0.3, 0.4) is 0 Å². The van der Waals surface area contributed by atoms with Gasteiger partial charge in [0.2, 0.25) is 0 Å². The Morgan fingerprint density at radius 3 is 2.46 bits per heavy atom. The van der Waals surface area contributed by atoms with Gasteiger partial charge in [0.15, 0.2) is 11.0 Å². The summed E-state index contributed by atoms with van der Waals surface area (Å²) in [5, 5.41) is 11.5. The maximum atomic E-state index is 13.5. The van der Waals surface area contributed by atoms with Gasteiger partial charge >= 0.3 is 6.18 Å². The lowest BCUT2D eigenvalue weighted by atomic mass is 10.1. The quantitative estimate of drug-likeness (QED) is 0.251. The molecule has 0 radical (unpaired) electrons. The number of carbonyl (C=O) groups excluding carboxylic acids is 1. The van der Waals surface area contributed by atoms with Gasteiger partial charge in [0.1, 0.15) is 5.82 Å². The van der Waals surface area contributed by atoms with Gasteiger partial charge in [-0.3, -0.25) is 9.36 Å². The minimum absolute atomic E-state index is 0.0429. The van der Waals surface area contributed by atoms with E-state index in [1.807, 2.05) is 13.0 Å². The van der Waals surface area contributed by atoms with E-state index in [1.54, 1.807) is 41.0 Å². The predicted octanol–water partition coefficient (Wildman–Crippen LogP) is 5.96. The molecule has 0 aliphatic rings. The molecular weight excluding hydrogens is 480 g/mol. The van der Waals surface area contributed by atoms with Gasteiger partial charge in [-0.15, -0.1) is 10.2 Å². The molecule has 1 amide bonds. The molecule has 35 heavy (non-hydrogen) atoms. The van der Waals surface area contributed by atoms with E-state index in [-0.39, 0.29) is 18.2 Å². The zero-order chi connectivity index (χ0) is 25.0. The maximum absolute atomic E-state index is 13.5. The number of benzene rings is 3. The summed E-state index contributed by atoms with van der Waals surface area (Å²) in [6.45, 7) is 1.93. The summed E-state index contributed by atoms with van der Waals surface area (Å²) in [4.78, 5) is 12.6. The smallest absolute Gasteiger partial charge is 0.345 e. The first-order valence-electron chi connectivity index (χ1n) is 10.5. The number of nitrogens with one attached hydrogen (secondary N) is 1. The molecule has 0 atom stereocenters.